The highest BCUT2D eigenvalue weighted by molar-refractivity contribution is 7.15. The highest BCUT2D eigenvalue weighted by Gasteiger charge is 2.10. The van der Waals surface area contributed by atoms with E-state index in [4.69, 9.17) is 0 Å². The fraction of sp³-hybridized carbons (Fsp3) is 0.615. The molecule has 2 rings (SSSR count). The quantitative estimate of drug-likeness (QED) is 0.815. The van der Waals surface area contributed by atoms with E-state index in [9.17, 15) is 0 Å². The maximum Gasteiger partial charge on any atom is 0.208 e. The number of anilines is 1. The lowest BCUT2D eigenvalue weighted by Crippen LogP contribution is -2.19. The van der Waals surface area contributed by atoms with E-state index >= 15 is 0 Å². The summed E-state index contributed by atoms with van der Waals surface area (Å²) < 4.78 is 2.17. The van der Waals surface area contributed by atoms with Crippen molar-refractivity contribution < 1.29 is 0 Å². The Labute approximate surface area is 118 Å². The number of hydrogen-bond acceptors (Lipinski definition) is 5. The maximum atomic E-state index is 4.25. The van der Waals surface area contributed by atoms with Crippen LogP contribution in [0.3, 0.4) is 0 Å². The van der Waals surface area contributed by atoms with Crippen molar-refractivity contribution in [3.8, 4) is 0 Å². The van der Waals surface area contributed by atoms with Crippen LogP contribution in [0.5, 0.6) is 0 Å². The summed E-state index contributed by atoms with van der Waals surface area (Å²) in [5, 5.41) is 10.6. The molecule has 0 aliphatic rings. The average Bonchev–Trinajstić information content (AvgIpc) is 2.98. The van der Waals surface area contributed by atoms with Gasteiger partial charge in [-0.1, -0.05) is 25.2 Å². The van der Waals surface area contributed by atoms with Gasteiger partial charge in [0.05, 0.1) is 0 Å². The Balaban J connectivity index is 1.83. The number of aryl methyl sites for hydroxylation is 2. The summed E-state index contributed by atoms with van der Waals surface area (Å²) >= 11 is 1.68. The van der Waals surface area contributed by atoms with Crippen molar-refractivity contribution in [3.63, 3.8) is 0 Å². The predicted octanol–water partition coefficient (Wildman–Crippen LogP) is 2.69. The maximum absolute atomic E-state index is 4.25. The van der Waals surface area contributed by atoms with E-state index in [0.29, 0.717) is 5.92 Å². The van der Waals surface area contributed by atoms with Gasteiger partial charge in [-0.3, -0.25) is 0 Å². The van der Waals surface area contributed by atoms with Crippen molar-refractivity contribution in [1.29, 1.82) is 0 Å². The molecule has 0 spiro atoms. The van der Waals surface area contributed by atoms with Gasteiger partial charge in [-0.2, -0.15) is 0 Å². The Kier molecular flexibility index (Phi) is 4.52. The molecule has 2 aromatic rings. The van der Waals surface area contributed by atoms with Crippen molar-refractivity contribution in [2.24, 2.45) is 0 Å². The van der Waals surface area contributed by atoms with Gasteiger partial charge < -0.3 is 9.47 Å². The largest absolute Gasteiger partial charge is 0.350 e. The third-order valence-electron chi connectivity index (χ3n) is 3.07. The van der Waals surface area contributed by atoms with Crippen LogP contribution in [0.4, 0.5) is 5.13 Å². The van der Waals surface area contributed by atoms with Crippen molar-refractivity contribution in [1.82, 2.24) is 19.7 Å². The second-order valence-corrected chi connectivity index (χ2v) is 6.01. The normalized spacial score (nSPS) is 11.2. The van der Waals surface area contributed by atoms with E-state index in [0.717, 1.165) is 35.5 Å². The van der Waals surface area contributed by atoms with Crippen LogP contribution in [0, 0.1) is 6.92 Å². The van der Waals surface area contributed by atoms with Gasteiger partial charge in [0.2, 0.25) is 5.13 Å². The van der Waals surface area contributed by atoms with Crippen LogP contribution < -0.4 is 4.90 Å². The summed E-state index contributed by atoms with van der Waals surface area (Å²) in [6.07, 6.45) is 4.94. The van der Waals surface area contributed by atoms with Crippen molar-refractivity contribution in [2.45, 2.75) is 39.7 Å². The predicted molar refractivity (Wildman–Crippen MR) is 78.8 cm³/mol. The zero-order valence-corrected chi connectivity index (χ0v) is 12.8. The highest BCUT2D eigenvalue weighted by Crippen LogP contribution is 2.24. The molecule has 0 atom stereocenters. The third kappa shape index (κ3) is 3.53. The fourth-order valence-electron chi connectivity index (χ4n) is 1.83. The van der Waals surface area contributed by atoms with Gasteiger partial charge in [0.25, 0.3) is 0 Å². The summed E-state index contributed by atoms with van der Waals surface area (Å²) in [6.45, 7) is 8.29. The fourth-order valence-corrected chi connectivity index (χ4v) is 2.66. The van der Waals surface area contributed by atoms with E-state index in [-0.39, 0.29) is 0 Å². The molecular weight excluding hydrogens is 258 g/mol. The standard InChI is InChI=1S/C13H21N5S/c1-10(2)12-15-16-13(19-12)17(4)7-5-8-18-9-6-14-11(18)3/h6,9-10H,5,7-8H2,1-4H3. The molecule has 0 unspecified atom stereocenters. The molecule has 0 N–H and O–H groups in total. The summed E-state index contributed by atoms with van der Waals surface area (Å²) in [7, 11) is 2.07. The molecule has 2 aromatic heterocycles. The highest BCUT2D eigenvalue weighted by atomic mass is 32.1. The molecule has 2 heterocycles. The zero-order chi connectivity index (χ0) is 13.8. The van der Waals surface area contributed by atoms with Crippen LogP contribution in [-0.2, 0) is 6.54 Å². The number of nitrogens with zero attached hydrogens (tertiary/aromatic N) is 5. The third-order valence-corrected chi connectivity index (χ3v) is 4.40. The number of rotatable bonds is 6. The lowest BCUT2D eigenvalue weighted by molar-refractivity contribution is 0.621. The second kappa shape index (κ2) is 6.14. The van der Waals surface area contributed by atoms with Crippen molar-refractivity contribution >= 4 is 16.5 Å². The Hall–Kier alpha value is -1.43. The molecule has 104 valence electrons. The summed E-state index contributed by atoms with van der Waals surface area (Å²) in [4.78, 5) is 6.40. The Morgan fingerprint density at radius 1 is 1.37 bits per heavy atom. The van der Waals surface area contributed by atoms with Crippen molar-refractivity contribution in [2.75, 3.05) is 18.5 Å². The van der Waals surface area contributed by atoms with Crippen LogP contribution >= 0.6 is 11.3 Å². The summed E-state index contributed by atoms with van der Waals surface area (Å²) in [5.41, 5.74) is 0. The van der Waals surface area contributed by atoms with E-state index in [1.807, 2.05) is 19.3 Å². The molecule has 0 bridgehead atoms. The second-order valence-electron chi connectivity index (χ2n) is 5.02. The number of hydrogen-bond donors (Lipinski definition) is 0. The van der Waals surface area contributed by atoms with Gasteiger partial charge in [-0.25, -0.2) is 4.98 Å². The van der Waals surface area contributed by atoms with E-state index in [2.05, 4.69) is 45.5 Å². The molecule has 0 radical (unpaired) electrons. The van der Waals surface area contributed by atoms with E-state index in [1.165, 1.54) is 0 Å². The molecule has 0 saturated carbocycles. The summed E-state index contributed by atoms with van der Waals surface area (Å²) in [5.74, 6) is 1.52. The van der Waals surface area contributed by atoms with Gasteiger partial charge in [-0.05, 0) is 13.3 Å². The minimum atomic E-state index is 0.452. The smallest absolute Gasteiger partial charge is 0.208 e. The minimum Gasteiger partial charge on any atom is -0.350 e. The lowest BCUT2D eigenvalue weighted by atomic mass is 10.2. The molecule has 19 heavy (non-hydrogen) atoms. The molecule has 5 nitrogen and oxygen atoms in total. The first-order chi connectivity index (χ1) is 9.08. The first-order valence-corrected chi connectivity index (χ1v) is 7.42. The first-order valence-electron chi connectivity index (χ1n) is 6.60. The van der Waals surface area contributed by atoms with Gasteiger partial charge in [0, 0.05) is 38.4 Å². The van der Waals surface area contributed by atoms with Crippen molar-refractivity contribution in [3.05, 3.63) is 23.2 Å². The van der Waals surface area contributed by atoms with Crippen LogP contribution in [0.15, 0.2) is 12.4 Å². The Morgan fingerprint density at radius 2 is 2.16 bits per heavy atom. The Morgan fingerprint density at radius 3 is 2.74 bits per heavy atom. The number of imidazole rings is 1. The van der Waals surface area contributed by atoms with Gasteiger partial charge in [0.15, 0.2) is 0 Å². The van der Waals surface area contributed by atoms with E-state index < -0.39 is 0 Å². The zero-order valence-electron chi connectivity index (χ0n) is 12.0. The minimum absolute atomic E-state index is 0.452. The van der Waals surface area contributed by atoms with Gasteiger partial charge in [-0.15, -0.1) is 10.2 Å². The molecule has 0 aromatic carbocycles. The molecule has 0 saturated heterocycles. The van der Waals surface area contributed by atoms with Gasteiger partial charge >= 0.3 is 0 Å². The first kappa shape index (κ1) is 14.0. The number of aromatic nitrogens is 4. The molecule has 0 fully saturated rings. The SMILES string of the molecule is Cc1nccn1CCCN(C)c1nnc(C(C)C)s1. The van der Waals surface area contributed by atoms with Crippen LogP contribution in [-0.4, -0.2) is 33.3 Å². The molecule has 0 aliphatic carbocycles. The molecule has 6 heteroatoms. The monoisotopic (exact) mass is 279 g/mol. The molecular formula is C13H21N5S. The van der Waals surface area contributed by atoms with Crippen LogP contribution in [0.2, 0.25) is 0 Å². The Bertz CT molecular complexity index is 517. The van der Waals surface area contributed by atoms with Crippen LogP contribution in [0.1, 0.15) is 37.0 Å². The lowest BCUT2D eigenvalue weighted by Gasteiger charge is -2.15. The molecule has 0 aliphatic heterocycles. The van der Waals surface area contributed by atoms with E-state index in [1.54, 1.807) is 11.3 Å². The van der Waals surface area contributed by atoms with Crippen LogP contribution in [0.25, 0.3) is 0 Å². The average molecular weight is 279 g/mol. The molecule has 0 amide bonds. The summed E-state index contributed by atoms with van der Waals surface area (Å²) in [6, 6.07) is 0. The van der Waals surface area contributed by atoms with Gasteiger partial charge in [0.1, 0.15) is 10.8 Å². The topological polar surface area (TPSA) is 46.8 Å².